The highest BCUT2D eigenvalue weighted by Crippen LogP contribution is 2.77. The lowest BCUT2D eigenvalue weighted by atomic mass is 10.3. The Labute approximate surface area is 80.2 Å². The van der Waals surface area contributed by atoms with Gasteiger partial charge in [-0.15, -0.1) is 12.8 Å². The van der Waals surface area contributed by atoms with Crippen molar-refractivity contribution in [1.82, 2.24) is 0 Å². The van der Waals surface area contributed by atoms with Gasteiger partial charge in [-0.2, -0.15) is 0 Å². The fourth-order valence-electron chi connectivity index (χ4n) is 0.735. The Morgan fingerprint density at radius 2 is 1.75 bits per heavy atom. The van der Waals surface area contributed by atoms with Crippen LogP contribution in [0.25, 0.3) is 0 Å². The summed E-state index contributed by atoms with van der Waals surface area (Å²) in [4.78, 5) is 0. The van der Waals surface area contributed by atoms with E-state index in [-0.39, 0.29) is 10.5 Å². The molecule has 64 valence electrons. The van der Waals surface area contributed by atoms with Crippen molar-refractivity contribution < 1.29 is 9.09 Å². The van der Waals surface area contributed by atoms with Gasteiger partial charge in [0.15, 0.2) is 0 Å². The van der Waals surface area contributed by atoms with Gasteiger partial charge in [-0.1, -0.05) is 11.8 Å². The minimum Gasteiger partial charge on any atom is -0.317 e. The van der Waals surface area contributed by atoms with Gasteiger partial charge in [0.05, 0.1) is 10.5 Å². The van der Waals surface area contributed by atoms with Gasteiger partial charge < -0.3 is 4.52 Å². The first kappa shape index (κ1) is 10.1. The molecule has 0 amide bonds. The zero-order chi connectivity index (χ0) is 9.19. The normalized spacial score (nSPS) is 40.2. The molecule has 5 heteroatoms. The summed E-state index contributed by atoms with van der Waals surface area (Å²) >= 11 is 2.33. The van der Waals surface area contributed by atoms with Gasteiger partial charge in [0.1, 0.15) is 0 Å². The molecule has 2 atom stereocenters. The summed E-state index contributed by atoms with van der Waals surface area (Å²) in [5.41, 5.74) is 0. The summed E-state index contributed by atoms with van der Waals surface area (Å²) in [5, 5.41) is -0.378. The van der Waals surface area contributed by atoms with Crippen molar-refractivity contribution in [1.29, 1.82) is 0 Å². The van der Waals surface area contributed by atoms with Gasteiger partial charge in [-0.05, 0) is 22.8 Å². The minimum absolute atomic E-state index is 0.189. The molecule has 1 saturated heterocycles. The van der Waals surface area contributed by atoms with Crippen LogP contribution in [0.4, 0.5) is 0 Å². The third-order valence-electron chi connectivity index (χ3n) is 1.31. The first-order valence-corrected chi connectivity index (χ1v) is 7.69. The van der Waals surface area contributed by atoms with Gasteiger partial charge in [-0.25, -0.2) is 0 Å². The Morgan fingerprint density at radius 1 is 1.33 bits per heavy atom. The molecule has 1 aliphatic heterocycles. The first-order valence-electron chi connectivity index (χ1n) is 3.10. The quantitative estimate of drug-likeness (QED) is 0.498. The molecular weight excluding hydrogens is 211 g/mol. The highest BCUT2D eigenvalue weighted by Gasteiger charge is 2.42. The van der Waals surface area contributed by atoms with E-state index in [0.717, 1.165) is 22.8 Å². The van der Waals surface area contributed by atoms with Crippen LogP contribution in [0.5, 0.6) is 0 Å². The zero-order valence-electron chi connectivity index (χ0n) is 6.39. The number of hydrogen-bond acceptors (Lipinski definition) is 4. The molecule has 0 spiro atoms. The fraction of sp³-hybridized carbons (Fsp3) is 0.429. The van der Waals surface area contributed by atoms with Gasteiger partial charge in [0.2, 0.25) is 0 Å². The zero-order valence-corrected chi connectivity index (χ0v) is 8.92. The van der Waals surface area contributed by atoms with E-state index in [1.54, 1.807) is 0 Å². The van der Waals surface area contributed by atoms with Crippen molar-refractivity contribution in [2.75, 3.05) is 7.11 Å². The van der Waals surface area contributed by atoms with Crippen LogP contribution >= 0.6 is 28.5 Å². The van der Waals surface area contributed by atoms with Gasteiger partial charge in [0, 0.05) is 7.11 Å². The SMILES string of the molecule is C#CC1SP(=O)(OC)SC1C#C. The summed E-state index contributed by atoms with van der Waals surface area (Å²) in [5.74, 6) is 2.36. The average Bonchev–Trinajstić information content (AvgIpc) is 2.43. The van der Waals surface area contributed by atoms with Crippen molar-refractivity contribution in [3.8, 4) is 24.7 Å². The minimum atomic E-state index is -2.65. The van der Waals surface area contributed by atoms with Crippen molar-refractivity contribution in [3.63, 3.8) is 0 Å². The highest BCUT2D eigenvalue weighted by molar-refractivity contribution is 8.91. The van der Waals surface area contributed by atoms with E-state index in [4.69, 9.17) is 17.4 Å². The lowest BCUT2D eigenvalue weighted by Crippen LogP contribution is -2.09. The molecule has 1 heterocycles. The summed E-state index contributed by atoms with van der Waals surface area (Å²) in [6.45, 7) is 0. The van der Waals surface area contributed by atoms with Gasteiger partial charge >= 0.3 is 5.77 Å². The lowest BCUT2D eigenvalue weighted by molar-refractivity contribution is 0.424. The van der Waals surface area contributed by atoms with E-state index in [9.17, 15) is 4.57 Å². The van der Waals surface area contributed by atoms with E-state index in [2.05, 4.69) is 11.8 Å². The van der Waals surface area contributed by atoms with Crippen LogP contribution in [-0.4, -0.2) is 17.6 Å². The Hall–Kier alpha value is 0.01000. The van der Waals surface area contributed by atoms with Crippen LogP contribution in [0, 0.1) is 24.7 Å². The number of hydrogen-bond donors (Lipinski definition) is 0. The van der Waals surface area contributed by atoms with E-state index in [0.29, 0.717) is 0 Å². The van der Waals surface area contributed by atoms with Crippen LogP contribution in [-0.2, 0) is 9.09 Å². The molecule has 1 fully saturated rings. The maximum absolute atomic E-state index is 11.6. The highest BCUT2D eigenvalue weighted by atomic mass is 33.1. The number of rotatable bonds is 1. The molecule has 2 unspecified atom stereocenters. The second-order valence-electron chi connectivity index (χ2n) is 2.02. The van der Waals surface area contributed by atoms with Crippen molar-refractivity contribution in [3.05, 3.63) is 0 Å². The maximum atomic E-state index is 11.6. The third kappa shape index (κ3) is 1.84. The Morgan fingerprint density at radius 3 is 2.00 bits per heavy atom. The van der Waals surface area contributed by atoms with E-state index < -0.39 is 5.77 Å². The summed E-state index contributed by atoms with van der Waals surface area (Å²) in [7, 11) is 1.41. The molecule has 0 N–H and O–H groups in total. The second kappa shape index (κ2) is 3.81. The topological polar surface area (TPSA) is 26.3 Å². The van der Waals surface area contributed by atoms with Crippen LogP contribution in [0.1, 0.15) is 0 Å². The molecule has 0 saturated carbocycles. The van der Waals surface area contributed by atoms with E-state index in [1.807, 2.05) is 0 Å². The van der Waals surface area contributed by atoms with Crippen LogP contribution in [0.3, 0.4) is 0 Å². The van der Waals surface area contributed by atoms with Crippen molar-refractivity contribution >= 4 is 28.5 Å². The van der Waals surface area contributed by atoms with E-state index in [1.165, 1.54) is 7.11 Å². The predicted octanol–water partition coefficient (Wildman–Crippen LogP) is 2.22. The second-order valence-corrected chi connectivity index (χ2v) is 9.55. The molecule has 0 bridgehead atoms. The van der Waals surface area contributed by atoms with Crippen molar-refractivity contribution in [2.45, 2.75) is 10.5 Å². The Bertz CT molecular complexity index is 276. The molecule has 0 aliphatic carbocycles. The molecule has 1 rings (SSSR count). The van der Waals surface area contributed by atoms with Gasteiger partial charge in [-0.3, -0.25) is 4.57 Å². The fourth-order valence-corrected chi connectivity index (χ4v) is 8.39. The average molecular weight is 218 g/mol. The maximum Gasteiger partial charge on any atom is 0.315 e. The van der Waals surface area contributed by atoms with Gasteiger partial charge in [0.25, 0.3) is 0 Å². The third-order valence-corrected chi connectivity index (χ3v) is 9.07. The summed E-state index contributed by atoms with van der Waals surface area (Å²) < 4.78 is 16.5. The lowest BCUT2D eigenvalue weighted by Gasteiger charge is -2.03. The largest absolute Gasteiger partial charge is 0.317 e. The first-order chi connectivity index (χ1) is 5.65. The smallest absolute Gasteiger partial charge is 0.315 e. The summed E-state index contributed by atoms with van der Waals surface area (Å²) in [6, 6.07) is 0. The summed E-state index contributed by atoms with van der Waals surface area (Å²) in [6.07, 6.45) is 10.4. The molecule has 1 aliphatic rings. The predicted molar refractivity (Wildman–Crippen MR) is 55.0 cm³/mol. The Balaban J connectivity index is 2.82. The Kier molecular flexibility index (Phi) is 3.21. The van der Waals surface area contributed by atoms with Crippen LogP contribution < -0.4 is 0 Å². The van der Waals surface area contributed by atoms with E-state index >= 15 is 0 Å². The molecule has 12 heavy (non-hydrogen) atoms. The van der Waals surface area contributed by atoms with Crippen molar-refractivity contribution in [2.24, 2.45) is 0 Å². The molecular formula is C7H7O2PS2. The molecule has 0 aromatic rings. The van der Waals surface area contributed by atoms with Crippen LogP contribution in [0.2, 0.25) is 0 Å². The molecule has 2 nitrogen and oxygen atoms in total. The van der Waals surface area contributed by atoms with Crippen LogP contribution in [0.15, 0.2) is 0 Å². The standard InChI is InChI=1S/C7H7O2PS2/c1-4-6-7(5-2)12-10(8,9-3)11-6/h1-2,6-7H,3H3. The molecule has 0 aromatic heterocycles. The molecule has 0 aromatic carbocycles. The monoisotopic (exact) mass is 218 g/mol. The molecule has 0 radical (unpaired) electrons. The number of terminal acetylenes is 2.